The van der Waals surface area contributed by atoms with Crippen LogP contribution in [0.15, 0.2) is 227 Å². The summed E-state index contributed by atoms with van der Waals surface area (Å²) in [7, 11) is 0. The molecule has 10 aromatic carbocycles. The van der Waals surface area contributed by atoms with E-state index in [9.17, 15) is 0 Å². The number of furan rings is 1. The molecular weight excluding hydrogens is 799 g/mol. The third-order valence-electron chi connectivity index (χ3n) is 12.7. The highest BCUT2D eigenvalue weighted by molar-refractivity contribution is 7.26. The van der Waals surface area contributed by atoms with Gasteiger partial charge >= 0.3 is 0 Å². The number of hydrogen-bond acceptors (Lipinski definition) is 5. The number of amidine groups is 2. The van der Waals surface area contributed by atoms with Gasteiger partial charge in [-0.15, -0.1) is 11.3 Å². The molecule has 0 aliphatic carbocycles. The molecule has 1 unspecified atom stereocenters. The number of nitrogens with zero attached hydrogens (tertiary/aromatic N) is 2. The lowest BCUT2D eigenvalue weighted by Crippen LogP contribution is -2.33. The third kappa shape index (κ3) is 6.12. The van der Waals surface area contributed by atoms with Crippen molar-refractivity contribution in [1.29, 1.82) is 0 Å². The highest BCUT2D eigenvalue weighted by Crippen LogP contribution is 2.46. The average Bonchev–Trinajstić information content (AvgIpc) is 3.95. The third-order valence-corrected chi connectivity index (χ3v) is 13.9. The van der Waals surface area contributed by atoms with Gasteiger partial charge in [-0.2, -0.15) is 0 Å². The fourth-order valence-electron chi connectivity index (χ4n) is 9.54. The predicted octanol–water partition coefficient (Wildman–Crippen LogP) is 15.8. The lowest BCUT2D eigenvalue weighted by molar-refractivity contribution is 0.670. The SMILES string of the molecule is c1ccc(-c2cccc(C3N=C(c4ccc5ccccc5c4)N=C(c4ccc5ccc(-c6ccc(-c7cccc8c7sc7ccccc78)c7oc8ccccc8c67)cc5c4)N3)c2)cc1. The summed E-state index contributed by atoms with van der Waals surface area (Å²) in [5.41, 5.74) is 11.7. The van der Waals surface area contributed by atoms with E-state index < -0.39 is 0 Å². The Hall–Kier alpha value is -8.12. The Morgan fingerprint density at radius 1 is 0.438 bits per heavy atom. The van der Waals surface area contributed by atoms with Gasteiger partial charge in [-0.3, -0.25) is 0 Å². The van der Waals surface area contributed by atoms with E-state index in [1.807, 2.05) is 11.3 Å². The second-order valence-corrected chi connectivity index (χ2v) is 17.6. The summed E-state index contributed by atoms with van der Waals surface area (Å²) in [4.78, 5) is 10.5. The van der Waals surface area contributed by atoms with Crippen LogP contribution in [-0.4, -0.2) is 11.7 Å². The lowest BCUT2D eigenvalue weighted by Gasteiger charge is -2.24. The van der Waals surface area contributed by atoms with Gasteiger partial charge in [-0.25, -0.2) is 9.98 Å². The number of hydrogen-bond donors (Lipinski definition) is 1. The van der Waals surface area contributed by atoms with Crippen LogP contribution in [0, 0.1) is 0 Å². The second kappa shape index (κ2) is 14.8. The quantitative estimate of drug-likeness (QED) is 0.181. The van der Waals surface area contributed by atoms with Crippen molar-refractivity contribution in [3.05, 3.63) is 229 Å². The zero-order chi connectivity index (χ0) is 42.1. The summed E-state index contributed by atoms with van der Waals surface area (Å²) in [6.45, 7) is 0. The molecule has 2 aromatic heterocycles. The summed E-state index contributed by atoms with van der Waals surface area (Å²) in [6, 6.07) is 75.7. The highest BCUT2D eigenvalue weighted by atomic mass is 32.1. The molecule has 5 heteroatoms. The first-order valence-electron chi connectivity index (χ1n) is 21.7. The van der Waals surface area contributed by atoms with Gasteiger partial charge in [0, 0.05) is 53.2 Å². The fraction of sp³-hybridized carbons (Fsp3) is 0.0169. The molecule has 12 aromatic rings. The van der Waals surface area contributed by atoms with Crippen molar-refractivity contribution in [1.82, 2.24) is 5.32 Å². The maximum atomic E-state index is 6.83. The van der Waals surface area contributed by atoms with Crippen molar-refractivity contribution in [3.8, 4) is 33.4 Å². The molecule has 3 heterocycles. The van der Waals surface area contributed by atoms with Crippen LogP contribution in [0.3, 0.4) is 0 Å². The topological polar surface area (TPSA) is 49.9 Å². The standard InChI is InChI=1S/C59H37N3OS/c1-2-12-36(13-3-1)40-16-10-17-42(32-40)57-60-58(43-28-25-37-14-4-5-15-39(37)33-43)62-59(61-57)44-29-26-38-24-27-41(34-45(38)35-44)46-30-31-48(55-54(46)51-19-6-8-22-52(51)63-55)50-21-11-20-49-47-18-7-9-23-53(47)64-56(49)50/h1-35,57H,(H,60,61,62). The van der Waals surface area contributed by atoms with Crippen molar-refractivity contribution < 1.29 is 4.42 Å². The monoisotopic (exact) mass is 835 g/mol. The molecule has 0 amide bonds. The van der Waals surface area contributed by atoms with E-state index in [-0.39, 0.29) is 6.17 Å². The van der Waals surface area contributed by atoms with E-state index in [0.29, 0.717) is 5.84 Å². The maximum Gasteiger partial charge on any atom is 0.159 e. The largest absolute Gasteiger partial charge is 0.455 e. The molecule has 0 saturated heterocycles. The lowest BCUT2D eigenvalue weighted by atomic mass is 9.93. The van der Waals surface area contributed by atoms with Crippen LogP contribution >= 0.6 is 11.3 Å². The summed E-state index contributed by atoms with van der Waals surface area (Å²) in [6.07, 6.45) is -0.348. The van der Waals surface area contributed by atoms with Crippen molar-refractivity contribution in [2.24, 2.45) is 9.98 Å². The van der Waals surface area contributed by atoms with Crippen LogP contribution in [0.1, 0.15) is 22.9 Å². The molecule has 1 aliphatic rings. The van der Waals surface area contributed by atoms with Gasteiger partial charge < -0.3 is 9.73 Å². The molecule has 1 aliphatic heterocycles. The normalized spacial score (nSPS) is 14.1. The van der Waals surface area contributed by atoms with E-state index in [1.165, 1.54) is 36.7 Å². The molecular formula is C59H37N3OS. The van der Waals surface area contributed by atoms with Gasteiger partial charge in [-0.1, -0.05) is 170 Å². The Bertz CT molecular complexity index is 3890. The number of thiophene rings is 1. The molecule has 0 fully saturated rings. The van der Waals surface area contributed by atoms with Gasteiger partial charge in [0.05, 0.1) is 0 Å². The summed E-state index contributed by atoms with van der Waals surface area (Å²) >= 11 is 1.85. The van der Waals surface area contributed by atoms with Crippen molar-refractivity contribution in [3.63, 3.8) is 0 Å². The molecule has 4 nitrogen and oxygen atoms in total. The Balaban J connectivity index is 0.934. The number of rotatable bonds is 6. The van der Waals surface area contributed by atoms with E-state index >= 15 is 0 Å². The first-order chi connectivity index (χ1) is 31.7. The molecule has 0 bridgehead atoms. The molecule has 64 heavy (non-hydrogen) atoms. The molecule has 0 saturated carbocycles. The van der Waals surface area contributed by atoms with Crippen LogP contribution in [0.25, 0.3) is 97.0 Å². The van der Waals surface area contributed by atoms with Gasteiger partial charge in [0.15, 0.2) is 5.84 Å². The van der Waals surface area contributed by atoms with Crippen molar-refractivity contribution >= 4 is 86.7 Å². The first-order valence-corrected chi connectivity index (χ1v) is 22.5. The van der Waals surface area contributed by atoms with E-state index in [0.717, 1.165) is 82.9 Å². The minimum Gasteiger partial charge on any atom is -0.455 e. The summed E-state index contributed by atoms with van der Waals surface area (Å²) < 4.78 is 9.39. The average molecular weight is 836 g/mol. The number of para-hydroxylation sites is 1. The fourth-order valence-corrected chi connectivity index (χ4v) is 10.8. The minimum atomic E-state index is -0.348. The van der Waals surface area contributed by atoms with Crippen molar-refractivity contribution in [2.75, 3.05) is 0 Å². The summed E-state index contributed by atoms with van der Waals surface area (Å²) in [5.74, 6) is 1.48. The second-order valence-electron chi connectivity index (χ2n) is 16.5. The van der Waals surface area contributed by atoms with E-state index in [1.54, 1.807) is 0 Å². The Kier molecular flexibility index (Phi) is 8.43. The molecule has 300 valence electrons. The number of nitrogens with one attached hydrogen (secondary N) is 1. The molecule has 0 spiro atoms. The van der Waals surface area contributed by atoms with Crippen molar-refractivity contribution in [2.45, 2.75) is 6.17 Å². The van der Waals surface area contributed by atoms with Gasteiger partial charge in [0.2, 0.25) is 0 Å². The van der Waals surface area contributed by atoms with Gasteiger partial charge in [0.25, 0.3) is 0 Å². The molecule has 13 rings (SSSR count). The Morgan fingerprint density at radius 3 is 2.02 bits per heavy atom. The van der Waals surface area contributed by atoms with Crippen LogP contribution in [0.4, 0.5) is 0 Å². The molecule has 1 N–H and O–H groups in total. The van der Waals surface area contributed by atoms with E-state index in [2.05, 4.69) is 218 Å². The Morgan fingerprint density at radius 2 is 1.11 bits per heavy atom. The molecule has 1 atom stereocenters. The molecule has 0 radical (unpaired) electrons. The zero-order valence-corrected chi connectivity index (χ0v) is 35.3. The van der Waals surface area contributed by atoms with Crippen LogP contribution in [0.5, 0.6) is 0 Å². The van der Waals surface area contributed by atoms with Gasteiger partial charge in [0.1, 0.15) is 23.2 Å². The smallest absolute Gasteiger partial charge is 0.159 e. The minimum absolute atomic E-state index is 0.348. The van der Waals surface area contributed by atoms with E-state index in [4.69, 9.17) is 14.4 Å². The number of aliphatic imine (C=N–C) groups is 2. The van der Waals surface area contributed by atoms with Crippen LogP contribution < -0.4 is 5.32 Å². The summed E-state index contributed by atoms with van der Waals surface area (Å²) in [5, 5.41) is 13.2. The predicted molar refractivity (Wildman–Crippen MR) is 270 cm³/mol. The van der Waals surface area contributed by atoms with Crippen LogP contribution in [-0.2, 0) is 0 Å². The highest BCUT2D eigenvalue weighted by Gasteiger charge is 2.23. The van der Waals surface area contributed by atoms with Crippen LogP contribution in [0.2, 0.25) is 0 Å². The number of benzene rings is 10. The Labute approximate surface area is 373 Å². The first kappa shape index (κ1) is 36.5. The van der Waals surface area contributed by atoms with Gasteiger partial charge in [-0.05, 0) is 91.8 Å². The number of fused-ring (bicyclic) bond motifs is 8. The maximum absolute atomic E-state index is 6.83. The zero-order valence-electron chi connectivity index (χ0n) is 34.5.